The molecule has 1 amide bonds. The summed E-state index contributed by atoms with van der Waals surface area (Å²) in [5.41, 5.74) is 0.271. The largest absolute Gasteiger partial charge is 0.325 e. The molecule has 0 aliphatic heterocycles. The number of benzene rings is 2. The molecule has 3 aromatic rings. The molecule has 0 bridgehead atoms. The molecule has 1 N–H and O–H groups in total. The monoisotopic (exact) mass is 296 g/mol. The lowest BCUT2D eigenvalue weighted by Crippen LogP contribution is -2.27. The minimum Gasteiger partial charge on any atom is -0.325 e. The molecular weight excluding hydrogens is 283 g/mol. The molecule has 4 nitrogen and oxygen atoms in total. The number of hydrogen-bond donors (Lipinski definition) is 1. The number of carbonyl (C=O) groups is 1. The fourth-order valence-electron chi connectivity index (χ4n) is 2.25. The van der Waals surface area contributed by atoms with E-state index < -0.39 is 5.82 Å². The van der Waals surface area contributed by atoms with Crippen molar-refractivity contribution in [3.63, 3.8) is 0 Å². The van der Waals surface area contributed by atoms with Gasteiger partial charge in [-0.05, 0) is 35.7 Å². The molecule has 5 heteroatoms. The topological polar surface area (TPSA) is 51.1 Å². The van der Waals surface area contributed by atoms with Crippen LogP contribution < -0.4 is 10.9 Å². The second kappa shape index (κ2) is 5.81. The van der Waals surface area contributed by atoms with E-state index >= 15 is 0 Å². The number of fused-ring (bicyclic) bond motifs is 1. The number of para-hydroxylation sites is 1. The Morgan fingerprint density at radius 2 is 1.86 bits per heavy atom. The van der Waals surface area contributed by atoms with E-state index in [2.05, 4.69) is 5.32 Å². The Balaban J connectivity index is 1.86. The first-order valence-electron chi connectivity index (χ1n) is 6.77. The van der Waals surface area contributed by atoms with Crippen molar-refractivity contribution in [1.82, 2.24) is 4.57 Å². The molecule has 0 atom stereocenters. The van der Waals surface area contributed by atoms with Crippen LogP contribution in [0.5, 0.6) is 0 Å². The number of aromatic nitrogens is 1. The summed E-state index contributed by atoms with van der Waals surface area (Å²) in [4.78, 5) is 24.3. The number of amides is 1. The zero-order valence-corrected chi connectivity index (χ0v) is 11.6. The van der Waals surface area contributed by atoms with Crippen LogP contribution in [0.15, 0.2) is 65.6 Å². The summed E-state index contributed by atoms with van der Waals surface area (Å²) in [5.74, 6) is -0.792. The molecule has 0 aliphatic rings. The Kier molecular flexibility index (Phi) is 3.70. The molecule has 2 aromatic carbocycles. The van der Waals surface area contributed by atoms with Crippen LogP contribution in [-0.2, 0) is 11.3 Å². The quantitative estimate of drug-likeness (QED) is 0.808. The van der Waals surface area contributed by atoms with E-state index in [4.69, 9.17) is 0 Å². The van der Waals surface area contributed by atoms with Gasteiger partial charge in [0.15, 0.2) is 0 Å². The summed E-state index contributed by atoms with van der Waals surface area (Å²) >= 11 is 0. The van der Waals surface area contributed by atoms with Crippen molar-refractivity contribution in [2.75, 3.05) is 5.32 Å². The van der Waals surface area contributed by atoms with Gasteiger partial charge in [-0.25, -0.2) is 4.39 Å². The van der Waals surface area contributed by atoms with Crippen molar-refractivity contribution in [2.24, 2.45) is 0 Å². The van der Waals surface area contributed by atoms with Crippen molar-refractivity contribution in [3.8, 4) is 0 Å². The van der Waals surface area contributed by atoms with Crippen LogP contribution in [-0.4, -0.2) is 10.5 Å². The van der Waals surface area contributed by atoms with Gasteiger partial charge in [-0.1, -0.05) is 24.3 Å². The normalized spacial score (nSPS) is 10.6. The summed E-state index contributed by atoms with van der Waals surface area (Å²) in [6, 6.07) is 14.7. The van der Waals surface area contributed by atoms with Gasteiger partial charge in [0.05, 0.1) is 5.39 Å². The fourth-order valence-corrected chi connectivity index (χ4v) is 2.25. The summed E-state index contributed by atoms with van der Waals surface area (Å²) in [7, 11) is 0. The van der Waals surface area contributed by atoms with E-state index in [1.165, 1.54) is 22.9 Å². The maximum Gasteiger partial charge on any atom is 0.258 e. The highest BCUT2D eigenvalue weighted by atomic mass is 19.1. The Labute approximate surface area is 125 Å². The number of halogens is 1. The fraction of sp³-hybridized carbons (Fsp3) is 0.0588. The number of pyridine rings is 1. The second-order valence-electron chi connectivity index (χ2n) is 4.89. The predicted octanol–water partition coefficient (Wildman–Crippen LogP) is 2.78. The average Bonchev–Trinajstić information content (AvgIpc) is 2.51. The summed E-state index contributed by atoms with van der Waals surface area (Å²) in [5, 5.41) is 3.61. The van der Waals surface area contributed by atoms with Crippen molar-refractivity contribution in [1.29, 1.82) is 0 Å². The smallest absolute Gasteiger partial charge is 0.258 e. The first kappa shape index (κ1) is 14.0. The molecule has 1 heterocycles. The Morgan fingerprint density at radius 1 is 1.09 bits per heavy atom. The van der Waals surface area contributed by atoms with Crippen molar-refractivity contribution >= 4 is 22.4 Å². The molecule has 110 valence electrons. The number of rotatable bonds is 3. The molecule has 3 rings (SSSR count). The van der Waals surface area contributed by atoms with Crippen LogP contribution in [0.3, 0.4) is 0 Å². The Bertz CT molecular complexity index is 888. The number of carbonyl (C=O) groups excluding carboxylic acids is 1. The number of hydrogen-bond acceptors (Lipinski definition) is 2. The molecule has 1 aromatic heterocycles. The van der Waals surface area contributed by atoms with Crippen molar-refractivity contribution in [3.05, 3.63) is 77.0 Å². The van der Waals surface area contributed by atoms with E-state index in [0.717, 1.165) is 0 Å². The van der Waals surface area contributed by atoms with Gasteiger partial charge in [-0.2, -0.15) is 0 Å². The van der Waals surface area contributed by atoms with Crippen molar-refractivity contribution in [2.45, 2.75) is 6.54 Å². The van der Waals surface area contributed by atoms with Gasteiger partial charge in [0.25, 0.3) is 5.56 Å². The van der Waals surface area contributed by atoms with E-state index in [0.29, 0.717) is 11.1 Å². The van der Waals surface area contributed by atoms with Crippen LogP contribution in [0.25, 0.3) is 10.8 Å². The Hall–Kier alpha value is -2.95. The highest BCUT2D eigenvalue weighted by Crippen LogP contribution is 2.11. The summed E-state index contributed by atoms with van der Waals surface area (Å²) in [6.45, 7) is -0.125. The third kappa shape index (κ3) is 2.88. The minimum atomic E-state index is -0.476. The molecule has 0 aliphatic carbocycles. The van der Waals surface area contributed by atoms with Gasteiger partial charge in [0.2, 0.25) is 5.91 Å². The molecule has 0 saturated carbocycles. The number of anilines is 1. The number of nitrogens with zero attached hydrogens (tertiary/aromatic N) is 1. The first-order chi connectivity index (χ1) is 10.6. The van der Waals surface area contributed by atoms with E-state index in [1.54, 1.807) is 36.4 Å². The summed E-state index contributed by atoms with van der Waals surface area (Å²) in [6.07, 6.45) is 1.53. The first-order valence-corrected chi connectivity index (χ1v) is 6.77. The SMILES string of the molecule is O=C(Cn1ccc2ccc(F)cc2c1=O)Nc1ccccc1. The highest BCUT2D eigenvalue weighted by molar-refractivity contribution is 5.90. The lowest BCUT2D eigenvalue weighted by atomic mass is 10.2. The lowest BCUT2D eigenvalue weighted by molar-refractivity contribution is -0.116. The lowest BCUT2D eigenvalue weighted by Gasteiger charge is -2.08. The molecule has 0 radical (unpaired) electrons. The van der Waals surface area contributed by atoms with Crippen LogP contribution >= 0.6 is 0 Å². The predicted molar refractivity (Wildman–Crippen MR) is 83.2 cm³/mol. The second-order valence-corrected chi connectivity index (χ2v) is 4.89. The minimum absolute atomic E-state index is 0.125. The number of nitrogens with one attached hydrogen (secondary N) is 1. The summed E-state index contributed by atoms with van der Waals surface area (Å²) < 4.78 is 14.5. The zero-order chi connectivity index (χ0) is 15.5. The maximum atomic E-state index is 13.3. The van der Waals surface area contributed by atoms with Gasteiger partial charge >= 0.3 is 0 Å². The van der Waals surface area contributed by atoms with Crippen LogP contribution in [0.2, 0.25) is 0 Å². The molecular formula is C17H13FN2O2. The van der Waals surface area contributed by atoms with Crippen molar-refractivity contribution < 1.29 is 9.18 Å². The van der Waals surface area contributed by atoms with E-state index in [1.807, 2.05) is 6.07 Å². The molecule has 22 heavy (non-hydrogen) atoms. The highest BCUT2D eigenvalue weighted by Gasteiger charge is 2.08. The van der Waals surface area contributed by atoms with Crippen LogP contribution in [0, 0.1) is 5.82 Å². The molecule has 0 saturated heterocycles. The van der Waals surface area contributed by atoms with Gasteiger partial charge in [0, 0.05) is 11.9 Å². The van der Waals surface area contributed by atoms with E-state index in [9.17, 15) is 14.0 Å². The van der Waals surface area contributed by atoms with Gasteiger partial charge < -0.3 is 9.88 Å². The molecule has 0 unspecified atom stereocenters. The molecule has 0 spiro atoms. The standard InChI is InChI=1S/C17H13FN2O2/c18-13-7-6-12-8-9-20(17(22)15(12)10-13)11-16(21)19-14-4-2-1-3-5-14/h1-10H,11H2,(H,19,21). The molecule has 0 fully saturated rings. The van der Waals surface area contributed by atoms with Crippen LogP contribution in [0.1, 0.15) is 0 Å². The Morgan fingerprint density at radius 3 is 2.64 bits per heavy atom. The zero-order valence-electron chi connectivity index (χ0n) is 11.6. The average molecular weight is 296 g/mol. The third-order valence-corrected chi connectivity index (χ3v) is 3.31. The van der Waals surface area contributed by atoms with E-state index in [-0.39, 0.29) is 23.4 Å². The third-order valence-electron chi connectivity index (χ3n) is 3.31. The van der Waals surface area contributed by atoms with Gasteiger partial charge in [-0.15, -0.1) is 0 Å². The maximum absolute atomic E-state index is 13.3. The van der Waals surface area contributed by atoms with Crippen LogP contribution in [0.4, 0.5) is 10.1 Å². The van der Waals surface area contributed by atoms with Gasteiger partial charge in [0.1, 0.15) is 12.4 Å². The van der Waals surface area contributed by atoms with Gasteiger partial charge in [-0.3, -0.25) is 9.59 Å².